The van der Waals surface area contributed by atoms with E-state index in [9.17, 15) is 9.90 Å². The van der Waals surface area contributed by atoms with Crippen molar-refractivity contribution in [2.24, 2.45) is 0 Å². The molecule has 2 fully saturated rings. The molecule has 9 nitrogen and oxygen atoms in total. The van der Waals surface area contributed by atoms with Gasteiger partial charge in [-0.3, -0.25) is 9.69 Å². The SMILES string of the molecule is COc1cc(CCCCCO[C@@H]2CCN([C@H](C(=O)O)c3cc(C4CCOCC4)cc(F)c3OC)C2)nc2c1CCCN2. The van der Waals surface area contributed by atoms with E-state index in [-0.39, 0.29) is 17.8 Å². The first kappa shape index (κ1) is 30.5. The number of likely N-dealkylation sites (tertiary alicyclic amines) is 1. The van der Waals surface area contributed by atoms with Crippen molar-refractivity contribution < 1.29 is 33.2 Å². The maximum Gasteiger partial charge on any atom is 0.325 e. The number of hydrogen-bond acceptors (Lipinski definition) is 8. The highest BCUT2D eigenvalue weighted by Gasteiger charge is 2.37. The molecule has 5 rings (SSSR count). The summed E-state index contributed by atoms with van der Waals surface area (Å²) in [7, 11) is 3.10. The van der Waals surface area contributed by atoms with Crippen LogP contribution in [0, 0.1) is 5.82 Å². The highest BCUT2D eigenvalue weighted by Crippen LogP contribution is 2.39. The summed E-state index contributed by atoms with van der Waals surface area (Å²) in [5.74, 6) is 0.495. The summed E-state index contributed by atoms with van der Waals surface area (Å²) in [5.41, 5.74) is 3.40. The van der Waals surface area contributed by atoms with Gasteiger partial charge < -0.3 is 29.4 Å². The summed E-state index contributed by atoms with van der Waals surface area (Å²) >= 11 is 0. The number of fused-ring (bicyclic) bond motifs is 1. The normalized spacial score (nSPS) is 20.1. The fourth-order valence-electron chi connectivity index (χ4n) is 6.54. The second-order valence-corrected chi connectivity index (χ2v) is 11.5. The second-order valence-electron chi connectivity index (χ2n) is 11.5. The molecule has 4 heterocycles. The molecule has 1 aromatic heterocycles. The Hall–Kier alpha value is -2.95. The van der Waals surface area contributed by atoms with E-state index in [0.29, 0.717) is 38.5 Å². The van der Waals surface area contributed by atoms with Crippen LogP contribution in [0.4, 0.5) is 10.2 Å². The summed E-state index contributed by atoms with van der Waals surface area (Å²) in [5, 5.41) is 13.6. The Bertz CT molecular complexity index is 1200. The largest absolute Gasteiger partial charge is 0.496 e. The number of hydrogen-bond donors (Lipinski definition) is 2. The van der Waals surface area contributed by atoms with Crippen molar-refractivity contribution in [2.45, 2.75) is 75.9 Å². The Morgan fingerprint density at radius 3 is 2.76 bits per heavy atom. The second kappa shape index (κ2) is 14.5. The highest BCUT2D eigenvalue weighted by atomic mass is 19.1. The van der Waals surface area contributed by atoms with E-state index in [1.165, 1.54) is 18.7 Å². The van der Waals surface area contributed by atoms with Crippen LogP contribution in [-0.2, 0) is 27.1 Å². The molecule has 2 atom stereocenters. The smallest absolute Gasteiger partial charge is 0.325 e. The summed E-state index contributed by atoms with van der Waals surface area (Å²) in [6.45, 7) is 3.86. The molecule has 0 aliphatic carbocycles. The number of carbonyl (C=O) groups is 1. The number of rotatable bonds is 13. The van der Waals surface area contributed by atoms with E-state index < -0.39 is 17.8 Å². The highest BCUT2D eigenvalue weighted by molar-refractivity contribution is 5.77. The lowest BCUT2D eigenvalue weighted by atomic mass is 9.89. The van der Waals surface area contributed by atoms with Crippen molar-refractivity contribution >= 4 is 11.8 Å². The average Bonchev–Trinajstić information content (AvgIpc) is 3.46. The van der Waals surface area contributed by atoms with Crippen molar-refractivity contribution in [1.82, 2.24) is 9.88 Å². The molecule has 10 heteroatoms. The summed E-state index contributed by atoms with van der Waals surface area (Å²) in [4.78, 5) is 19.2. The van der Waals surface area contributed by atoms with Gasteiger partial charge in [0.15, 0.2) is 11.6 Å². The number of nitrogens with one attached hydrogen (secondary N) is 1. The number of nitrogens with zero attached hydrogens (tertiary/aromatic N) is 2. The maximum absolute atomic E-state index is 15.1. The Morgan fingerprint density at radius 1 is 1.17 bits per heavy atom. The predicted molar refractivity (Wildman–Crippen MR) is 157 cm³/mol. The van der Waals surface area contributed by atoms with Gasteiger partial charge in [-0.15, -0.1) is 0 Å². The minimum Gasteiger partial charge on any atom is -0.496 e. The van der Waals surface area contributed by atoms with Crippen LogP contribution >= 0.6 is 0 Å². The number of aromatic nitrogens is 1. The number of pyridine rings is 1. The van der Waals surface area contributed by atoms with Gasteiger partial charge in [0.25, 0.3) is 0 Å². The van der Waals surface area contributed by atoms with Crippen molar-refractivity contribution in [2.75, 3.05) is 59.0 Å². The third-order valence-electron chi connectivity index (χ3n) is 8.74. The van der Waals surface area contributed by atoms with Gasteiger partial charge in [0.1, 0.15) is 17.6 Å². The zero-order valence-electron chi connectivity index (χ0n) is 24.8. The monoisotopic (exact) mass is 585 g/mol. The minimum atomic E-state index is -1.01. The van der Waals surface area contributed by atoms with E-state index in [2.05, 4.69) is 11.4 Å². The molecule has 0 bridgehead atoms. The fourth-order valence-corrected chi connectivity index (χ4v) is 6.54. The number of halogens is 1. The van der Waals surface area contributed by atoms with Gasteiger partial charge >= 0.3 is 5.97 Å². The first-order valence-electron chi connectivity index (χ1n) is 15.3. The molecule has 0 saturated carbocycles. The molecule has 2 aromatic rings. The average molecular weight is 586 g/mol. The van der Waals surface area contributed by atoms with Crippen molar-refractivity contribution in [3.63, 3.8) is 0 Å². The van der Waals surface area contributed by atoms with Crippen LogP contribution in [0.5, 0.6) is 11.5 Å². The van der Waals surface area contributed by atoms with E-state index in [0.717, 1.165) is 87.2 Å². The van der Waals surface area contributed by atoms with Crippen molar-refractivity contribution in [3.8, 4) is 11.5 Å². The first-order valence-corrected chi connectivity index (χ1v) is 15.3. The lowest BCUT2D eigenvalue weighted by Gasteiger charge is -2.28. The summed E-state index contributed by atoms with van der Waals surface area (Å²) in [6.07, 6.45) is 8.17. The number of aliphatic carboxylic acids is 1. The molecule has 1 aromatic carbocycles. The van der Waals surface area contributed by atoms with Crippen molar-refractivity contribution in [3.05, 3.63) is 46.4 Å². The van der Waals surface area contributed by atoms with Gasteiger partial charge in [-0.25, -0.2) is 9.37 Å². The number of carboxylic acids is 1. The molecular formula is C32H44FN3O6. The van der Waals surface area contributed by atoms with Crippen LogP contribution in [0.15, 0.2) is 18.2 Å². The van der Waals surface area contributed by atoms with Crippen LogP contribution in [0.1, 0.15) is 79.3 Å². The third kappa shape index (κ3) is 7.15. The molecule has 3 aliphatic rings. The fraction of sp³-hybridized carbons (Fsp3) is 0.625. The van der Waals surface area contributed by atoms with E-state index in [4.69, 9.17) is 23.9 Å². The van der Waals surface area contributed by atoms with E-state index >= 15 is 4.39 Å². The standard InChI is InChI=1S/C32H44FN3O6/c1-39-28-19-23(35-31-25(28)8-6-12-34-31)7-4-3-5-14-42-24-9-13-36(20-24)29(32(37)38)26-17-22(18-27(33)30(26)40-2)21-10-15-41-16-11-21/h17-19,21,24,29H,3-16,20H2,1-2H3,(H,34,35)(H,37,38)/t24-,29+/m1/s1. The topological polar surface area (TPSA) is 102 Å². The Kier molecular flexibility index (Phi) is 10.5. The quantitative estimate of drug-likeness (QED) is 0.310. The predicted octanol–water partition coefficient (Wildman–Crippen LogP) is 5.12. The molecule has 230 valence electrons. The molecule has 0 amide bonds. The van der Waals surface area contributed by atoms with E-state index in [1.807, 2.05) is 11.0 Å². The van der Waals surface area contributed by atoms with Gasteiger partial charge in [-0.2, -0.15) is 0 Å². The number of methoxy groups -OCH3 is 2. The molecular weight excluding hydrogens is 541 g/mol. The Morgan fingerprint density at radius 2 is 2.00 bits per heavy atom. The minimum absolute atomic E-state index is 0.00407. The number of ether oxygens (including phenoxy) is 4. The van der Waals surface area contributed by atoms with Crippen LogP contribution in [0.3, 0.4) is 0 Å². The van der Waals surface area contributed by atoms with Crippen LogP contribution < -0.4 is 14.8 Å². The third-order valence-corrected chi connectivity index (χ3v) is 8.74. The summed E-state index contributed by atoms with van der Waals surface area (Å²) in [6, 6.07) is 4.38. The molecule has 0 radical (unpaired) electrons. The van der Waals surface area contributed by atoms with Crippen LogP contribution in [0.2, 0.25) is 0 Å². The molecule has 0 unspecified atom stereocenters. The number of benzene rings is 1. The van der Waals surface area contributed by atoms with Crippen LogP contribution in [-0.4, -0.2) is 80.7 Å². The van der Waals surface area contributed by atoms with Gasteiger partial charge in [0.05, 0.1) is 20.3 Å². The molecule has 0 spiro atoms. The number of anilines is 1. The zero-order valence-corrected chi connectivity index (χ0v) is 24.8. The Labute approximate surface area is 247 Å². The lowest BCUT2D eigenvalue weighted by molar-refractivity contribution is -0.143. The molecule has 3 aliphatic heterocycles. The lowest BCUT2D eigenvalue weighted by Crippen LogP contribution is -2.34. The van der Waals surface area contributed by atoms with Gasteiger partial charge in [0, 0.05) is 62.3 Å². The number of aryl methyl sites for hydroxylation is 1. The number of carboxylic acid groups (broad SMARTS) is 1. The summed E-state index contributed by atoms with van der Waals surface area (Å²) < 4.78 is 37.7. The maximum atomic E-state index is 15.1. The molecule has 2 saturated heterocycles. The first-order chi connectivity index (χ1) is 20.5. The van der Waals surface area contributed by atoms with Gasteiger partial charge in [-0.05, 0) is 75.0 Å². The van der Waals surface area contributed by atoms with Gasteiger partial charge in [-0.1, -0.05) is 6.42 Å². The van der Waals surface area contributed by atoms with Crippen molar-refractivity contribution in [1.29, 1.82) is 0 Å². The molecule has 42 heavy (non-hydrogen) atoms. The van der Waals surface area contributed by atoms with E-state index in [1.54, 1.807) is 7.11 Å². The Balaban J connectivity index is 1.12. The molecule has 2 N–H and O–H groups in total. The van der Waals surface area contributed by atoms with Gasteiger partial charge in [0.2, 0.25) is 0 Å². The van der Waals surface area contributed by atoms with Crippen LogP contribution in [0.25, 0.3) is 0 Å². The zero-order chi connectivity index (χ0) is 29.5. The number of unbranched alkanes of at least 4 members (excludes halogenated alkanes) is 2.